The van der Waals surface area contributed by atoms with E-state index in [4.69, 9.17) is 10.2 Å². The lowest BCUT2D eigenvalue weighted by Crippen LogP contribution is -2.31. The van der Waals surface area contributed by atoms with Gasteiger partial charge in [0.2, 0.25) is 0 Å². The minimum absolute atomic E-state index is 0.103. The van der Waals surface area contributed by atoms with Crippen molar-refractivity contribution in [3.8, 4) is 0 Å². The highest BCUT2D eigenvalue weighted by Gasteiger charge is 2.12. The Balaban J connectivity index is 2.75. The van der Waals surface area contributed by atoms with Crippen molar-refractivity contribution >= 4 is 11.7 Å². The molecular formula is C14H21NO3. The fourth-order valence-corrected chi connectivity index (χ4v) is 1.75. The topological polar surface area (TPSA) is 60.8 Å². The molecule has 0 spiro atoms. The van der Waals surface area contributed by atoms with Crippen LogP contribution in [0, 0.1) is 12.8 Å². The zero-order valence-corrected chi connectivity index (χ0v) is 11.0. The highest BCUT2D eigenvalue weighted by Crippen LogP contribution is 2.17. The fourth-order valence-electron chi connectivity index (χ4n) is 1.75. The minimum atomic E-state index is -0.802. The van der Waals surface area contributed by atoms with Crippen molar-refractivity contribution in [2.24, 2.45) is 5.92 Å². The number of aliphatic hydroxyl groups is 1. The molecule has 1 rings (SSSR count). The third-order valence-electron chi connectivity index (χ3n) is 2.84. The number of aliphatic carboxylic acids is 1. The molecule has 0 aliphatic heterocycles. The average molecular weight is 251 g/mol. The number of carboxylic acids is 1. The predicted octanol–water partition coefficient (Wildman–Crippen LogP) is 1.90. The summed E-state index contributed by atoms with van der Waals surface area (Å²) < 4.78 is 0. The Labute approximate surface area is 108 Å². The first kappa shape index (κ1) is 14.5. The maximum Gasteiger partial charge on any atom is 0.305 e. The zero-order valence-electron chi connectivity index (χ0n) is 11.0. The van der Waals surface area contributed by atoms with Crippen molar-refractivity contribution < 1.29 is 15.0 Å². The van der Waals surface area contributed by atoms with Crippen molar-refractivity contribution in [1.82, 2.24) is 0 Å². The third kappa shape index (κ3) is 4.75. The molecule has 100 valence electrons. The van der Waals surface area contributed by atoms with E-state index >= 15 is 0 Å². The molecule has 4 heteroatoms. The van der Waals surface area contributed by atoms with Gasteiger partial charge in [0.1, 0.15) is 0 Å². The van der Waals surface area contributed by atoms with Crippen molar-refractivity contribution in [2.75, 3.05) is 24.6 Å². The van der Waals surface area contributed by atoms with Gasteiger partial charge in [-0.05, 0) is 25.0 Å². The average Bonchev–Trinajstić information content (AvgIpc) is 2.35. The van der Waals surface area contributed by atoms with E-state index in [1.165, 1.54) is 5.56 Å². The first-order chi connectivity index (χ1) is 8.52. The molecule has 1 atom stereocenters. The molecule has 0 heterocycles. The summed E-state index contributed by atoms with van der Waals surface area (Å²) >= 11 is 0. The number of carbonyl (C=O) groups is 1. The van der Waals surface area contributed by atoms with E-state index in [9.17, 15) is 4.79 Å². The van der Waals surface area contributed by atoms with E-state index in [0.717, 1.165) is 5.69 Å². The number of rotatable bonds is 7. The van der Waals surface area contributed by atoms with Crippen LogP contribution in [0.4, 0.5) is 5.69 Å². The summed E-state index contributed by atoms with van der Waals surface area (Å²) in [6.07, 6.45) is 0.103. The Kier molecular flexibility index (Phi) is 5.65. The van der Waals surface area contributed by atoms with Crippen molar-refractivity contribution in [3.05, 3.63) is 29.8 Å². The second kappa shape index (κ2) is 7.01. The van der Waals surface area contributed by atoms with Gasteiger partial charge in [0.05, 0.1) is 6.42 Å². The molecule has 4 nitrogen and oxygen atoms in total. The predicted molar refractivity (Wildman–Crippen MR) is 71.9 cm³/mol. The van der Waals surface area contributed by atoms with Crippen LogP contribution in [0.3, 0.4) is 0 Å². The highest BCUT2D eigenvalue weighted by atomic mass is 16.4. The molecule has 18 heavy (non-hydrogen) atoms. The van der Waals surface area contributed by atoms with E-state index in [0.29, 0.717) is 13.1 Å². The van der Waals surface area contributed by atoms with E-state index < -0.39 is 5.97 Å². The normalized spacial score (nSPS) is 12.2. The summed E-state index contributed by atoms with van der Waals surface area (Å²) in [5.74, 6) is -0.677. The van der Waals surface area contributed by atoms with Gasteiger partial charge in [0.15, 0.2) is 0 Å². The molecule has 1 aromatic rings. The van der Waals surface area contributed by atoms with Crippen molar-refractivity contribution in [1.29, 1.82) is 0 Å². The van der Waals surface area contributed by atoms with Crippen molar-refractivity contribution in [2.45, 2.75) is 20.3 Å². The number of anilines is 1. The molecule has 0 amide bonds. The lowest BCUT2D eigenvalue weighted by Gasteiger charge is -2.27. The summed E-state index contributed by atoms with van der Waals surface area (Å²) in [6.45, 7) is 5.19. The number of carboxylic acid groups (broad SMARTS) is 1. The minimum Gasteiger partial charge on any atom is -0.481 e. The van der Waals surface area contributed by atoms with Crippen LogP contribution in [-0.2, 0) is 4.79 Å². The monoisotopic (exact) mass is 251 g/mol. The molecule has 0 aliphatic rings. The van der Waals surface area contributed by atoms with Crippen LogP contribution in [0.25, 0.3) is 0 Å². The fraction of sp³-hybridized carbons (Fsp3) is 0.500. The Morgan fingerprint density at radius 2 is 1.94 bits per heavy atom. The number of nitrogens with zero attached hydrogens (tertiary/aromatic N) is 1. The largest absolute Gasteiger partial charge is 0.481 e. The van der Waals surface area contributed by atoms with Crippen LogP contribution >= 0.6 is 0 Å². The van der Waals surface area contributed by atoms with Crippen LogP contribution < -0.4 is 4.90 Å². The van der Waals surface area contributed by atoms with Crippen LogP contribution in [-0.4, -0.2) is 35.9 Å². The van der Waals surface area contributed by atoms with E-state index in [1.807, 2.05) is 43.0 Å². The molecule has 2 N–H and O–H groups in total. The Morgan fingerprint density at radius 3 is 2.44 bits per heavy atom. The summed E-state index contributed by atoms with van der Waals surface area (Å²) in [5, 5.41) is 17.9. The van der Waals surface area contributed by atoms with E-state index in [2.05, 4.69) is 0 Å². The molecule has 0 saturated carbocycles. The van der Waals surface area contributed by atoms with Crippen LogP contribution in [0.15, 0.2) is 24.3 Å². The van der Waals surface area contributed by atoms with Gasteiger partial charge in [-0.2, -0.15) is 0 Å². The van der Waals surface area contributed by atoms with Gasteiger partial charge >= 0.3 is 5.97 Å². The van der Waals surface area contributed by atoms with Gasteiger partial charge in [-0.1, -0.05) is 24.6 Å². The lowest BCUT2D eigenvalue weighted by molar-refractivity contribution is -0.136. The van der Waals surface area contributed by atoms with E-state index in [1.54, 1.807) is 0 Å². The Bertz CT molecular complexity index is 375. The van der Waals surface area contributed by atoms with Gasteiger partial charge < -0.3 is 15.1 Å². The molecule has 0 aliphatic carbocycles. The summed E-state index contributed by atoms with van der Waals surface area (Å²) in [6, 6.07) is 7.99. The molecule has 0 radical (unpaired) electrons. The summed E-state index contributed by atoms with van der Waals surface area (Å²) in [5.41, 5.74) is 2.18. The van der Waals surface area contributed by atoms with E-state index in [-0.39, 0.29) is 18.9 Å². The number of hydrogen-bond acceptors (Lipinski definition) is 3. The quantitative estimate of drug-likeness (QED) is 0.777. The van der Waals surface area contributed by atoms with Gasteiger partial charge in [-0.25, -0.2) is 0 Å². The molecular weight excluding hydrogens is 230 g/mol. The molecule has 0 bridgehead atoms. The number of hydrogen-bond donors (Lipinski definition) is 2. The second-order valence-electron chi connectivity index (χ2n) is 4.71. The van der Waals surface area contributed by atoms with Gasteiger partial charge in [-0.15, -0.1) is 0 Å². The van der Waals surface area contributed by atoms with Crippen LogP contribution in [0.1, 0.15) is 18.9 Å². The molecule has 1 unspecified atom stereocenters. The molecule has 0 aromatic heterocycles. The van der Waals surface area contributed by atoms with Gasteiger partial charge in [0.25, 0.3) is 0 Å². The summed E-state index contributed by atoms with van der Waals surface area (Å²) in [4.78, 5) is 12.7. The number of aliphatic hydroxyl groups excluding tert-OH is 1. The Morgan fingerprint density at radius 1 is 1.33 bits per heavy atom. The number of aryl methyl sites for hydroxylation is 1. The Hall–Kier alpha value is -1.55. The standard InChI is InChI=1S/C14H21NO3/c1-11-3-5-13(6-4-11)15(8-7-14(17)18)9-12(2)10-16/h3-6,12,16H,7-10H2,1-2H3,(H,17,18). The SMILES string of the molecule is Cc1ccc(N(CCC(=O)O)CC(C)CO)cc1. The van der Waals surface area contributed by atoms with Gasteiger partial charge in [-0.3, -0.25) is 4.79 Å². The molecule has 1 aromatic carbocycles. The van der Waals surface area contributed by atoms with Crippen LogP contribution in [0.2, 0.25) is 0 Å². The van der Waals surface area contributed by atoms with Gasteiger partial charge in [0, 0.05) is 25.4 Å². The second-order valence-corrected chi connectivity index (χ2v) is 4.71. The smallest absolute Gasteiger partial charge is 0.305 e. The lowest BCUT2D eigenvalue weighted by atomic mass is 10.1. The first-order valence-electron chi connectivity index (χ1n) is 6.17. The maximum atomic E-state index is 10.7. The summed E-state index contributed by atoms with van der Waals surface area (Å²) in [7, 11) is 0. The van der Waals surface area contributed by atoms with Crippen molar-refractivity contribution in [3.63, 3.8) is 0 Å². The molecule has 0 saturated heterocycles. The third-order valence-corrected chi connectivity index (χ3v) is 2.84. The highest BCUT2D eigenvalue weighted by molar-refractivity contribution is 5.67. The number of benzene rings is 1. The zero-order chi connectivity index (χ0) is 13.5. The molecule has 0 fully saturated rings. The first-order valence-corrected chi connectivity index (χ1v) is 6.17. The maximum absolute atomic E-state index is 10.7. The van der Waals surface area contributed by atoms with Crippen LogP contribution in [0.5, 0.6) is 0 Å².